The molecule has 3 heterocycles. The van der Waals surface area contributed by atoms with Crippen molar-refractivity contribution in [2.24, 2.45) is 7.05 Å². The number of anilines is 1. The molecule has 2 aromatic carbocycles. The summed E-state index contributed by atoms with van der Waals surface area (Å²) in [7, 11) is 3.54. The molecule has 0 radical (unpaired) electrons. The van der Waals surface area contributed by atoms with Gasteiger partial charge in [-0.05, 0) is 35.9 Å². The third-order valence-corrected chi connectivity index (χ3v) is 7.04. The summed E-state index contributed by atoms with van der Waals surface area (Å²) < 4.78 is 23.5. The Balaban J connectivity index is 1.28. The number of benzene rings is 2. The lowest BCUT2D eigenvalue weighted by Crippen LogP contribution is -2.28. The van der Waals surface area contributed by atoms with Gasteiger partial charge in [0.15, 0.2) is 11.6 Å². The highest BCUT2D eigenvalue weighted by Crippen LogP contribution is 2.39. The van der Waals surface area contributed by atoms with Crippen LogP contribution >= 0.6 is 11.3 Å². The molecule has 0 aliphatic heterocycles. The second-order valence-corrected chi connectivity index (χ2v) is 9.60. The fourth-order valence-corrected chi connectivity index (χ4v) is 5.04. The van der Waals surface area contributed by atoms with Crippen LogP contribution in [0.1, 0.15) is 12.0 Å². The van der Waals surface area contributed by atoms with Gasteiger partial charge in [0.2, 0.25) is 5.91 Å². The van der Waals surface area contributed by atoms with Crippen LogP contribution in [0.25, 0.3) is 20.9 Å². The Kier molecular flexibility index (Phi) is 6.78. The molecule has 0 spiro atoms. The molecule has 0 saturated heterocycles. The van der Waals surface area contributed by atoms with Gasteiger partial charge in [-0.3, -0.25) is 14.6 Å². The van der Waals surface area contributed by atoms with E-state index in [0.29, 0.717) is 17.0 Å². The van der Waals surface area contributed by atoms with E-state index >= 15 is 0 Å². The Morgan fingerprint density at radius 2 is 1.84 bits per heavy atom. The molecule has 5 rings (SSSR count). The fraction of sp³-hybridized carbons (Fsp3) is 0.143. The topological polar surface area (TPSA) is 77.3 Å². The monoisotopic (exact) mass is 514 g/mol. The minimum absolute atomic E-state index is 0.0375. The largest absolute Gasteiger partial charge is 0.453 e. The number of halogens is 1. The van der Waals surface area contributed by atoms with Gasteiger partial charge in [-0.15, -0.1) is 11.3 Å². The van der Waals surface area contributed by atoms with Crippen molar-refractivity contribution >= 4 is 38.9 Å². The van der Waals surface area contributed by atoms with Gasteiger partial charge in [-0.25, -0.2) is 9.37 Å². The number of para-hydroxylation sites is 1. The van der Waals surface area contributed by atoms with Crippen molar-refractivity contribution in [3.05, 3.63) is 90.6 Å². The number of imidazole rings is 1. The van der Waals surface area contributed by atoms with Gasteiger partial charge in [0.05, 0.1) is 21.5 Å². The maximum atomic E-state index is 14.9. The van der Waals surface area contributed by atoms with E-state index < -0.39 is 5.82 Å². The highest BCUT2D eigenvalue weighted by atomic mass is 32.1. The van der Waals surface area contributed by atoms with Crippen molar-refractivity contribution in [2.75, 3.05) is 11.9 Å². The number of hydrogen-bond donors (Lipinski definition) is 0. The summed E-state index contributed by atoms with van der Waals surface area (Å²) in [4.78, 5) is 36.1. The van der Waals surface area contributed by atoms with Crippen molar-refractivity contribution in [1.82, 2.24) is 14.5 Å². The standard InChI is InChI=1S/C28H23FN4O3S/c1-32-13-12-31-28(32)25-17-22-27(37-25)24(10-11-30-22)36-23-9-8-18(15-21(23)29)14-20(34)16-26(35)33(2)19-6-4-3-5-7-19/h3-13,15,17H,14,16H2,1-2H3. The average Bonchev–Trinajstić information content (AvgIpc) is 3.52. The van der Waals surface area contributed by atoms with Gasteiger partial charge in [0.1, 0.15) is 17.4 Å². The summed E-state index contributed by atoms with van der Waals surface area (Å²) in [6.45, 7) is 0. The normalized spacial score (nSPS) is 11.0. The number of amides is 1. The molecule has 0 atom stereocenters. The lowest BCUT2D eigenvalue weighted by atomic mass is 10.1. The SMILES string of the molecule is CN(C(=O)CC(=O)Cc1ccc(Oc2ccnc3cc(-c4nccn4C)sc23)c(F)c1)c1ccccc1. The molecule has 9 heteroatoms. The average molecular weight is 515 g/mol. The summed E-state index contributed by atoms with van der Waals surface area (Å²) in [6.07, 6.45) is 4.88. The minimum Gasteiger partial charge on any atom is -0.453 e. The minimum atomic E-state index is -0.594. The number of hydrogen-bond acceptors (Lipinski definition) is 6. The van der Waals surface area contributed by atoms with Crippen molar-refractivity contribution in [3.63, 3.8) is 0 Å². The lowest BCUT2D eigenvalue weighted by molar-refractivity contribution is -0.126. The molecule has 0 unspecified atom stereocenters. The number of nitrogens with zero attached hydrogens (tertiary/aromatic N) is 4. The van der Waals surface area contributed by atoms with E-state index in [1.807, 2.05) is 42.1 Å². The number of carbonyl (C=O) groups is 2. The van der Waals surface area contributed by atoms with Crippen molar-refractivity contribution in [3.8, 4) is 22.2 Å². The first-order valence-corrected chi connectivity index (χ1v) is 12.4. The van der Waals surface area contributed by atoms with Gasteiger partial charge >= 0.3 is 0 Å². The highest BCUT2D eigenvalue weighted by Gasteiger charge is 2.18. The quantitative estimate of drug-likeness (QED) is 0.245. The van der Waals surface area contributed by atoms with Gasteiger partial charge in [-0.1, -0.05) is 24.3 Å². The summed E-state index contributed by atoms with van der Waals surface area (Å²) in [6, 6.07) is 17.1. The number of ether oxygens (including phenoxy) is 1. The fourth-order valence-electron chi connectivity index (χ4n) is 3.94. The number of carbonyl (C=O) groups excluding carboxylic acids is 2. The zero-order valence-corrected chi connectivity index (χ0v) is 21.0. The van der Waals surface area contributed by atoms with E-state index in [9.17, 15) is 14.0 Å². The van der Waals surface area contributed by atoms with Gasteiger partial charge in [0, 0.05) is 50.9 Å². The summed E-state index contributed by atoms with van der Waals surface area (Å²) in [5.41, 5.74) is 1.90. The van der Waals surface area contributed by atoms with E-state index in [1.165, 1.54) is 28.4 Å². The maximum absolute atomic E-state index is 14.9. The number of fused-ring (bicyclic) bond motifs is 1. The number of thiophene rings is 1. The summed E-state index contributed by atoms with van der Waals surface area (Å²) in [5, 5.41) is 0. The molecule has 0 bridgehead atoms. The zero-order chi connectivity index (χ0) is 25.9. The molecule has 0 fully saturated rings. The Labute approximate surface area is 216 Å². The van der Waals surface area contributed by atoms with Gasteiger partial charge in [-0.2, -0.15) is 0 Å². The molecule has 0 saturated carbocycles. The molecule has 1 amide bonds. The second-order valence-electron chi connectivity index (χ2n) is 8.54. The predicted octanol–water partition coefficient (Wildman–Crippen LogP) is 5.79. The Morgan fingerprint density at radius 1 is 1.03 bits per heavy atom. The third-order valence-electron chi connectivity index (χ3n) is 5.90. The molecule has 7 nitrogen and oxygen atoms in total. The van der Waals surface area contributed by atoms with E-state index in [1.54, 1.807) is 43.7 Å². The van der Waals surface area contributed by atoms with Crippen LogP contribution in [0.5, 0.6) is 11.5 Å². The van der Waals surface area contributed by atoms with Gasteiger partial charge in [0.25, 0.3) is 0 Å². The number of Topliss-reactive ketones (excluding diaryl/α,β-unsaturated/α-hetero) is 1. The van der Waals surface area contributed by atoms with Crippen LogP contribution in [-0.2, 0) is 23.1 Å². The van der Waals surface area contributed by atoms with E-state index in [2.05, 4.69) is 9.97 Å². The first kappa shape index (κ1) is 24.3. The lowest BCUT2D eigenvalue weighted by Gasteiger charge is -2.16. The Morgan fingerprint density at radius 3 is 2.57 bits per heavy atom. The summed E-state index contributed by atoms with van der Waals surface area (Å²) in [5.74, 6) is 0.117. The number of aromatic nitrogens is 3. The van der Waals surface area contributed by atoms with E-state index in [0.717, 1.165) is 20.9 Å². The molecule has 186 valence electrons. The highest BCUT2D eigenvalue weighted by molar-refractivity contribution is 7.22. The Bertz CT molecular complexity index is 1600. The van der Waals surface area contributed by atoms with Crippen LogP contribution in [0.2, 0.25) is 0 Å². The van der Waals surface area contributed by atoms with Gasteiger partial charge < -0.3 is 14.2 Å². The molecular weight excluding hydrogens is 491 g/mol. The third kappa shape index (κ3) is 5.26. The van der Waals surface area contributed by atoms with Crippen LogP contribution in [0.4, 0.5) is 10.1 Å². The smallest absolute Gasteiger partial charge is 0.234 e. The first-order valence-electron chi connectivity index (χ1n) is 11.5. The molecule has 3 aromatic heterocycles. The van der Waals surface area contributed by atoms with Crippen LogP contribution in [-0.4, -0.2) is 33.3 Å². The predicted molar refractivity (Wildman–Crippen MR) is 141 cm³/mol. The van der Waals surface area contributed by atoms with Crippen LogP contribution in [0.3, 0.4) is 0 Å². The number of ketones is 1. The number of rotatable bonds is 8. The molecular formula is C28H23FN4O3S. The number of aryl methyl sites for hydroxylation is 1. The number of pyridine rings is 1. The molecule has 37 heavy (non-hydrogen) atoms. The molecule has 0 aliphatic carbocycles. The summed E-state index contributed by atoms with van der Waals surface area (Å²) >= 11 is 1.46. The van der Waals surface area contributed by atoms with Crippen molar-refractivity contribution in [1.29, 1.82) is 0 Å². The van der Waals surface area contributed by atoms with E-state index in [-0.39, 0.29) is 30.3 Å². The first-order chi connectivity index (χ1) is 17.9. The van der Waals surface area contributed by atoms with Crippen LogP contribution < -0.4 is 9.64 Å². The van der Waals surface area contributed by atoms with Crippen LogP contribution in [0, 0.1) is 5.82 Å². The Hall–Kier alpha value is -4.37. The van der Waals surface area contributed by atoms with Crippen molar-refractivity contribution < 1.29 is 18.7 Å². The molecule has 0 N–H and O–H groups in total. The van der Waals surface area contributed by atoms with Crippen LogP contribution in [0.15, 0.2) is 79.3 Å². The van der Waals surface area contributed by atoms with Crippen molar-refractivity contribution in [2.45, 2.75) is 12.8 Å². The zero-order valence-electron chi connectivity index (χ0n) is 20.2. The molecule has 0 aliphatic rings. The molecule has 5 aromatic rings. The maximum Gasteiger partial charge on any atom is 0.234 e. The van der Waals surface area contributed by atoms with E-state index in [4.69, 9.17) is 4.74 Å². The second kappa shape index (κ2) is 10.3.